The van der Waals surface area contributed by atoms with Gasteiger partial charge in [0.1, 0.15) is 0 Å². The van der Waals surface area contributed by atoms with Crippen LogP contribution in [0.15, 0.2) is 21.9 Å². The second kappa shape index (κ2) is 4.58. The van der Waals surface area contributed by atoms with Crippen molar-refractivity contribution in [1.82, 2.24) is 0 Å². The summed E-state index contributed by atoms with van der Waals surface area (Å²) in [6.45, 7) is 0. The summed E-state index contributed by atoms with van der Waals surface area (Å²) in [5.74, 6) is 0.907. The first-order valence-corrected chi connectivity index (χ1v) is 5.28. The minimum atomic E-state index is 0. The molecule has 0 nitrogen and oxygen atoms in total. The number of hydrogen-bond donors (Lipinski definition) is 0. The van der Waals surface area contributed by atoms with Crippen molar-refractivity contribution in [3.05, 3.63) is 21.9 Å². The number of halogens is 1. The quantitative estimate of drug-likeness (QED) is 0.641. The van der Waals surface area contributed by atoms with Crippen molar-refractivity contribution in [2.45, 2.75) is 32.1 Å². The molecule has 2 aliphatic carbocycles. The van der Waals surface area contributed by atoms with Crippen molar-refractivity contribution in [1.29, 1.82) is 0 Å². The van der Waals surface area contributed by atoms with E-state index in [1.54, 1.807) is 9.74 Å². The van der Waals surface area contributed by atoms with E-state index in [0.717, 1.165) is 5.92 Å². The molecule has 0 amide bonds. The molecule has 69 valence electrons. The Labute approximate surface area is 90.6 Å². The zero-order valence-electron chi connectivity index (χ0n) is 7.03. The molecular weight excluding hydrogens is 257 g/mol. The van der Waals surface area contributed by atoms with Gasteiger partial charge in [0, 0.05) is 0 Å². The van der Waals surface area contributed by atoms with E-state index < -0.39 is 0 Å². The summed E-state index contributed by atoms with van der Waals surface area (Å²) in [5, 5.41) is 0. The van der Waals surface area contributed by atoms with Crippen molar-refractivity contribution < 1.29 is 18.3 Å². The van der Waals surface area contributed by atoms with Gasteiger partial charge in [-0.1, -0.05) is 0 Å². The molecule has 0 aliphatic heterocycles. The van der Waals surface area contributed by atoms with Gasteiger partial charge in [-0.05, 0) is 0 Å². The third kappa shape index (κ3) is 2.00. The number of rotatable bonds is 1. The Balaban J connectivity index is 0.000000720. The summed E-state index contributed by atoms with van der Waals surface area (Å²) in [6.07, 6.45) is 11.6. The maximum absolute atomic E-state index is 2.79. The molecule has 0 radical (unpaired) electrons. The van der Waals surface area contributed by atoms with Gasteiger partial charge in [-0.3, -0.25) is 0 Å². The Morgan fingerprint density at radius 2 is 1.92 bits per heavy atom. The van der Waals surface area contributed by atoms with Crippen molar-refractivity contribution in [3.63, 3.8) is 0 Å². The normalized spacial score (nSPS) is 23.4. The molecule has 0 aromatic carbocycles. The second-order valence-electron chi connectivity index (χ2n) is 3.43. The Morgan fingerprint density at radius 3 is 2.42 bits per heavy atom. The fourth-order valence-corrected chi connectivity index (χ4v) is 2.79. The van der Waals surface area contributed by atoms with Gasteiger partial charge in [0.05, 0.1) is 0 Å². The van der Waals surface area contributed by atoms with Gasteiger partial charge in [0.2, 0.25) is 0 Å². The molecule has 0 bridgehead atoms. The first-order chi connectivity index (χ1) is 5.38. The summed E-state index contributed by atoms with van der Waals surface area (Å²) >= 11 is 2.79. The van der Waals surface area contributed by atoms with E-state index in [9.17, 15) is 0 Å². The van der Waals surface area contributed by atoms with Crippen LogP contribution in [0.1, 0.15) is 32.1 Å². The van der Waals surface area contributed by atoms with Crippen molar-refractivity contribution >= 4 is 12.4 Å². The molecule has 0 heterocycles. The molecule has 0 spiro atoms. The van der Waals surface area contributed by atoms with Gasteiger partial charge in [0.15, 0.2) is 0 Å². The zero-order valence-corrected chi connectivity index (χ0v) is 9.58. The molecule has 2 rings (SSSR count). The molecule has 12 heavy (non-hydrogen) atoms. The van der Waals surface area contributed by atoms with Crippen LogP contribution in [0.2, 0.25) is 0 Å². The van der Waals surface area contributed by atoms with E-state index in [2.05, 4.69) is 30.5 Å². The first-order valence-electron chi connectivity index (χ1n) is 4.42. The van der Waals surface area contributed by atoms with Gasteiger partial charge in [-0.2, -0.15) is 0 Å². The van der Waals surface area contributed by atoms with E-state index in [1.807, 2.05) is 0 Å². The molecule has 2 aliphatic rings. The molecule has 0 atom stereocenters. The Morgan fingerprint density at radius 1 is 1.25 bits per heavy atom. The van der Waals surface area contributed by atoms with E-state index >= 15 is 0 Å². The summed E-state index contributed by atoms with van der Waals surface area (Å²) in [5.41, 5.74) is 1.64. The van der Waals surface area contributed by atoms with Crippen LogP contribution in [0.4, 0.5) is 0 Å². The fraction of sp³-hybridized carbons (Fsp3) is 0.600. The Bertz CT molecular complexity index is 212. The average molecular weight is 271 g/mol. The number of allylic oxidation sites excluding steroid dienone is 4. The summed E-state index contributed by atoms with van der Waals surface area (Å²) in [7, 11) is 0. The van der Waals surface area contributed by atoms with E-state index in [0.29, 0.717) is 0 Å². The molecule has 1 fully saturated rings. The van der Waals surface area contributed by atoms with E-state index in [4.69, 9.17) is 0 Å². The van der Waals surface area contributed by atoms with Crippen LogP contribution in [-0.4, -0.2) is 0 Å². The third-order valence-electron chi connectivity index (χ3n) is 2.69. The van der Waals surface area contributed by atoms with Gasteiger partial charge < -0.3 is 0 Å². The molecule has 0 N–H and O–H groups in total. The van der Waals surface area contributed by atoms with Crippen LogP contribution in [0, 0.1) is 5.92 Å². The van der Waals surface area contributed by atoms with Crippen LogP contribution in [0.25, 0.3) is 0 Å². The Kier molecular flexibility index (Phi) is 4.00. The second-order valence-corrected chi connectivity index (χ2v) is 4.48. The molecule has 0 aromatic heterocycles. The first kappa shape index (κ1) is 10.5. The minimum absolute atomic E-state index is 0. The Hall–Kier alpha value is 0.393. The predicted molar refractivity (Wildman–Crippen MR) is 50.0 cm³/mol. The molecule has 0 saturated heterocycles. The van der Waals surface area contributed by atoms with Crippen LogP contribution in [0.3, 0.4) is 0 Å². The van der Waals surface area contributed by atoms with Gasteiger partial charge in [-0.25, -0.2) is 0 Å². The standard InChI is InChI=1S/C10H13.ClH.Ru/c1-2-6-9(5-1)10-7-3-4-8-10;;/h1,5,10H,2-4,7-8H2;1H;. The van der Waals surface area contributed by atoms with Crippen LogP contribution in [-0.2, 0) is 18.3 Å². The van der Waals surface area contributed by atoms with Gasteiger partial charge >= 0.3 is 78.2 Å². The predicted octanol–water partition coefficient (Wildman–Crippen LogP) is 3.36. The number of hydrogen-bond acceptors (Lipinski definition) is 0. The van der Waals surface area contributed by atoms with Gasteiger partial charge in [0.25, 0.3) is 0 Å². The zero-order chi connectivity index (χ0) is 7.68. The van der Waals surface area contributed by atoms with Crippen LogP contribution >= 0.6 is 12.4 Å². The van der Waals surface area contributed by atoms with Crippen LogP contribution in [0.5, 0.6) is 0 Å². The fourth-order valence-electron chi connectivity index (χ4n) is 2.08. The van der Waals surface area contributed by atoms with E-state index in [1.165, 1.54) is 32.1 Å². The van der Waals surface area contributed by atoms with Crippen LogP contribution < -0.4 is 0 Å². The third-order valence-corrected chi connectivity index (χ3v) is 3.55. The van der Waals surface area contributed by atoms with Crippen molar-refractivity contribution in [2.24, 2.45) is 5.92 Å². The average Bonchev–Trinajstić information content (AvgIpc) is 2.55. The SMILES string of the molecule is Cl.[Ru][C]1=C(C2CCCC2)C=CC1. The summed E-state index contributed by atoms with van der Waals surface area (Å²) < 4.78 is 1.55. The maximum atomic E-state index is 2.79. The van der Waals surface area contributed by atoms with Crippen molar-refractivity contribution in [2.75, 3.05) is 0 Å². The molecule has 0 aromatic rings. The monoisotopic (exact) mass is 271 g/mol. The molecule has 2 heteroatoms. The summed E-state index contributed by atoms with van der Waals surface area (Å²) in [4.78, 5) is 0. The molecule has 1 saturated carbocycles. The van der Waals surface area contributed by atoms with E-state index in [-0.39, 0.29) is 12.4 Å². The summed E-state index contributed by atoms with van der Waals surface area (Å²) in [6, 6.07) is 0. The topological polar surface area (TPSA) is 0 Å². The van der Waals surface area contributed by atoms with Gasteiger partial charge in [-0.15, -0.1) is 12.4 Å². The van der Waals surface area contributed by atoms with Crippen molar-refractivity contribution in [3.8, 4) is 0 Å². The molecule has 0 unspecified atom stereocenters. The molecular formula is C10H14ClRu.